The van der Waals surface area contributed by atoms with Crippen molar-refractivity contribution in [3.63, 3.8) is 0 Å². The SMILES string of the molecule is COC(C)(C)C(=O)NC(CCCNC(=N)NC#N)C(=O)COc1ccon1. The van der Waals surface area contributed by atoms with Crippen LogP contribution in [0.1, 0.15) is 26.7 Å². The number of carbonyl (C=O) groups excluding carboxylic acids is 2. The summed E-state index contributed by atoms with van der Waals surface area (Å²) in [6.45, 7) is 3.23. The van der Waals surface area contributed by atoms with E-state index >= 15 is 0 Å². The Morgan fingerprint density at radius 2 is 2.22 bits per heavy atom. The number of rotatable bonds is 11. The van der Waals surface area contributed by atoms with E-state index in [0.717, 1.165) is 0 Å². The van der Waals surface area contributed by atoms with E-state index in [-0.39, 0.29) is 24.2 Å². The van der Waals surface area contributed by atoms with Crippen molar-refractivity contribution in [1.82, 2.24) is 21.1 Å². The van der Waals surface area contributed by atoms with E-state index in [1.807, 2.05) is 0 Å². The number of hydrogen-bond donors (Lipinski definition) is 4. The van der Waals surface area contributed by atoms with Crippen LogP contribution in [0.4, 0.5) is 0 Å². The number of carbonyl (C=O) groups is 2. The number of nitrogens with zero attached hydrogens (tertiary/aromatic N) is 2. The standard InChI is InChI=1S/C16H24N6O5/c1-16(2,25-3)14(24)21-11(5-4-7-19-15(18)20-10-17)12(23)9-26-13-6-8-27-22-13/h6,8,11H,4-5,7,9H2,1-3H3,(H,21,24)(H3,18,19,20). The number of ether oxygens (including phenoxy) is 2. The van der Waals surface area contributed by atoms with E-state index in [1.54, 1.807) is 20.0 Å². The molecule has 1 rings (SSSR count). The van der Waals surface area contributed by atoms with Gasteiger partial charge in [-0.1, -0.05) is 0 Å². The van der Waals surface area contributed by atoms with Crippen LogP contribution in [0.2, 0.25) is 0 Å². The zero-order valence-corrected chi connectivity index (χ0v) is 15.5. The molecule has 0 aliphatic heterocycles. The van der Waals surface area contributed by atoms with Crippen LogP contribution in [0.25, 0.3) is 0 Å². The van der Waals surface area contributed by atoms with Crippen molar-refractivity contribution >= 4 is 17.6 Å². The average Bonchev–Trinajstić information content (AvgIpc) is 3.15. The van der Waals surface area contributed by atoms with Crippen LogP contribution in [0.15, 0.2) is 16.9 Å². The zero-order valence-electron chi connectivity index (χ0n) is 15.5. The lowest BCUT2D eigenvalue weighted by Gasteiger charge is -2.25. The summed E-state index contributed by atoms with van der Waals surface area (Å²) in [5.74, 6) is -0.747. The maximum absolute atomic E-state index is 12.5. The fourth-order valence-corrected chi connectivity index (χ4v) is 1.88. The first-order chi connectivity index (χ1) is 12.8. The Morgan fingerprint density at radius 3 is 2.81 bits per heavy atom. The second-order valence-corrected chi connectivity index (χ2v) is 6.01. The maximum Gasteiger partial charge on any atom is 0.254 e. The van der Waals surface area contributed by atoms with Crippen LogP contribution < -0.4 is 20.7 Å². The maximum atomic E-state index is 12.5. The van der Waals surface area contributed by atoms with Crippen molar-refractivity contribution in [2.75, 3.05) is 20.3 Å². The molecule has 0 fully saturated rings. The molecule has 11 nitrogen and oxygen atoms in total. The largest absolute Gasteiger partial charge is 0.467 e. The monoisotopic (exact) mass is 380 g/mol. The zero-order chi connectivity index (χ0) is 20.3. The van der Waals surface area contributed by atoms with Crippen LogP contribution in [-0.2, 0) is 14.3 Å². The van der Waals surface area contributed by atoms with Gasteiger partial charge in [0.25, 0.3) is 11.8 Å². The summed E-state index contributed by atoms with van der Waals surface area (Å²) in [7, 11) is 1.40. The highest BCUT2D eigenvalue weighted by molar-refractivity contribution is 5.92. The summed E-state index contributed by atoms with van der Waals surface area (Å²) >= 11 is 0. The fraction of sp³-hybridized carbons (Fsp3) is 0.562. The minimum atomic E-state index is -1.09. The molecular formula is C16H24N6O5. The van der Waals surface area contributed by atoms with Gasteiger partial charge in [-0.15, -0.1) is 0 Å². The minimum Gasteiger partial charge on any atom is -0.467 e. The van der Waals surface area contributed by atoms with Crippen molar-refractivity contribution in [2.24, 2.45) is 0 Å². The number of nitrogens with one attached hydrogen (secondary N) is 4. The first-order valence-corrected chi connectivity index (χ1v) is 8.19. The van der Waals surface area contributed by atoms with Gasteiger partial charge in [-0.05, 0) is 31.8 Å². The third-order valence-electron chi connectivity index (χ3n) is 3.68. The predicted molar refractivity (Wildman–Crippen MR) is 93.7 cm³/mol. The topological polar surface area (TPSA) is 162 Å². The molecule has 1 heterocycles. The molecule has 0 aromatic carbocycles. The van der Waals surface area contributed by atoms with Crippen LogP contribution in [0.5, 0.6) is 5.88 Å². The van der Waals surface area contributed by atoms with E-state index in [2.05, 4.69) is 25.6 Å². The molecule has 0 aliphatic rings. The summed E-state index contributed by atoms with van der Waals surface area (Å²) in [5, 5.41) is 26.8. The van der Waals surface area contributed by atoms with E-state index < -0.39 is 17.6 Å². The van der Waals surface area contributed by atoms with Crippen LogP contribution in [0.3, 0.4) is 0 Å². The summed E-state index contributed by atoms with van der Waals surface area (Å²) in [4.78, 5) is 24.8. The highest BCUT2D eigenvalue weighted by Gasteiger charge is 2.31. The lowest BCUT2D eigenvalue weighted by molar-refractivity contribution is -0.142. The molecule has 0 bridgehead atoms. The van der Waals surface area contributed by atoms with Crippen molar-refractivity contribution in [3.05, 3.63) is 12.3 Å². The highest BCUT2D eigenvalue weighted by atomic mass is 16.5. The summed E-state index contributed by atoms with van der Waals surface area (Å²) in [6.07, 6.45) is 3.70. The molecular weight excluding hydrogens is 356 g/mol. The molecule has 148 valence electrons. The van der Waals surface area contributed by atoms with Crippen molar-refractivity contribution in [1.29, 1.82) is 10.7 Å². The molecule has 1 amide bonds. The number of hydrogen-bond acceptors (Lipinski definition) is 8. The molecule has 27 heavy (non-hydrogen) atoms. The number of Topliss-reactive ketones (excluding diaryl/α,β-unsaturated/α-hetero) is 1. The summed E-state index contributed by atoms with van der Waals surface area (Å²) < 4.78 is 15.0. The number of amides is 1. The summed E-state index contributed by atoms with van der Waals surface area (Å²) in [5.41, 5.74) is -1.09. The Labute approximate surface area is 156 Å². The molecule has 0 spiro atoms. The molecule has 0 saturated heterocycles. The molecule has 1 aromatic rings. The smallest absolute Gasteiger partial charge is 0.254 e. The number of methoxy groups -OCH3 is 1. The van der Waals surface area contributed by atoms with Gasteiger partial charge in [0.05, 0.1) is 6.04 Å². The molecule has 1 aromatic heterocycles. The highest BCUT2D eigenvalue weighted by Crippen LogP contribution is 2.10. The van der Waals surface area contributed by atoms with Crippen LogP contribution in [0, 0.1) is 16.9 Å². The molecule has 11 heteroatoms. The molecule has 4 N–H and O–H groups in total. The number of ketones is 1. The number of nitriles is 1. The molecule has 0 saturated carbocycles. The predicted octanol–water partition coefficient (Wildman–Crippen LogP) is -0.0924. The summed E-state index contributed by atoms with van der Waals surface area (Å²) in [6, 6.07) is 0.658. The van der Waals surface area contributed by atoms with E-state index in [1.165, 1.54) is 19.4 Å². The second-order valence-electron chi connectivity index (χ2n) is 6.01. The average molecular weight is 380 g/mol. The van der Waals surface area contributed by atoms with Crippen molar-refractivity contribution in [2.45, 2.75) is 38.3 Å². The Bertz CT molecular complexity index is 667. The van der Waals surface area contributed by atoms with Gasteiger partial charge in [-0.2, -0.15) is 5.26 Å². The molecule has 0 aliphatic carbocycles. The fourth-order valence-electron chi connectivity index (χ4n) is 1.88. The van der Waals surface area contributed by atoms with Crippen molar-refractivity contribution in [3.8, 4) is 12.1 Å². The third-order valence-corrected chi connectivity index (χ3v) is 3.68. The molecule has 1 atom stereocenters. The first kappa shape index (κ1) is 21.9. The van der Waals surface area contributed by atoms with Gasteiger partial charge in [0.15, 0.2) is 18.6 Å². The first-order valence-electron chi connectivity index (χ1n) is 8.19. The van der Waals surface area contributed by atoms with Gasteiger partial charge in [0.2, 0.25) is 5.96 Å². The van der Waals surface area contributed by atoms with E-state index in [4.69, 9.17) is 20.1 Å². The molecule has 0 radical (unpaired) electrons. The normalized spacial score (nSPS) is 11.8. The Kier molecular flexibility index (Phi) is 8.74. The van der Waals surface area contributed by atoms with Gasteiger partial charge in [0.1, 0.15) is 11.9 Å². The minimum absolute atomic E-state index is 0.140. The number of aromatic nitrogens is 1. The number of guanidine groups is 1. The Morgan fingerprint density at radius 1 is 1.48 bits per heavy atom. The van der Waals surface area contributed by atoms with Gasteiger partial charge in [-0.25, -0.2) is 0 Å². The quantitative estimate of drug-likeness (QED) is 0.135. The van der Waals surface area contributed by atoms with Gasteiger partial charge in [0, 0.05) is 19.7 Å². The van der Waals surface area contributed by atoms with E-state index in [0.29, 0.717) is 19.4 Å². The third kappa shape index (κ3) is 7.74. The van der Waals surface area contributed by atoms with Gasteiger partial charge >= 0.3 is 0 Å². The van der Waals surface area contributed by atoms with Crippen LogP contribution >= 0.6 is 0 Å². The molecule has 1 unspecified atom stereocenters. The second kappa shape index (κ2) is 10.8. The van der Waals surface area contributed by atoms with Gasteiger partial charge < -0.3 is 24.6 Å². The van der Waals surface area contributed by atoms with E-state index in [9.17, 15) is 9.59 Å². The van der Waals surface area contributed by atoms with Gasteiger partial charge in [-0.3, -0.25) is 20.3 Å². The Hall–Kier alpha value is -3.13. The van der Waals surface area contributed by atoms with Crippen molar-refractivity contribution < 1.29 is 23.6 Å². The Balaban J connectivity index is 2.61. The van der Waals surface area contributed by atoms with Crippen LogP contribution in [-0.4, -0.2) is 54.7 Å². The lowest BCUT2D eigenvalue weighted by Crippen LogP contribution is -2.51. The lowest BCUT2D eigenvalue weighted by atomic mass is 10.0.